The zero-order chi connectivity index (χ0) is 18.1. The number of hydrogen-bond donors (Lipinski definition) is 0. The van der Waals surface area contributed by atoms with Crippen LogP contribution in [-0.4, -0.2) is 16.0 Å². The van der Waals surface area contributed by atoms with Gasteiger partial charge in [0, 0.05) is 31.5 Å². The highest BCUT2D eigenvalue weighted by Gasteiger charge is 2.27. The molecule has 3 aromatic rings. The van der Waals surface area contributed by atoms with Crippen molar-refractivity contribution in [1.82, 2.24) is 9.47 Å². The van der Waals surface area contributed by atoms with Gasteiger partial charge in [0.25, 0.3) is 0 Å². The first kappa shape index (κ1) is 17.3. The Hall–Kier alpha value is -2.17. The second kappa shape index (κ2) is 7.22. The Bertz CT molecular complexity index is 905. The molecule has 0 N–H and O–H groups in total. The summed E-state index contributed by atoms with van der Waals surface area (Å²) in [4.78, 5) is 2.34. The average Bonchev–Trinajstić information content (AvgIpc) is 3.01. The lowest BCUT2D eigenvalue weighted by Gasteiger charge is -2.30. The van der Waals surface area contributed by atoms with E-state index in [1.807, 2.05) is 18.2 Å². The molecule has 0 spiro atoms. The third-order valence-corrected chi connectivity index (χ3v) is 5.20. The van der Waals surface area contributed by atoms with Gasteiger partial charge in [0.05, 0.1) is 11.1 Å². The van der Waals surface area contributed by atoms with Crippen molar-refractivity contribution in [2.45, 2.75) is 25.6 Å². The quantitative estimate of drug-likeness (QED) is 0.596. The lowest BCUT2D eigenvalue weighted by atomic mass is 10.0. The van der Waals surface area contributed by atoms with E-state index in [2.05, 4.69) is 21.7 Å². The van der Waals surface area contributed by atoms with Crippen LogP contribution >= 0.6 is 11.6 Å². The van der Waals surface area contributed by atoms with Crippen LogP contribution in [0.15, 0.2) is 60.8 Å². The second-order valence-electron chi connectivity index (χ2n) is 6.65. The topological polar surface area (TPSA) is 8.17 Å². The minimum absolute atomic E-state index is 0.0110. The molecule has 2 heterocycles. The molecule has 5 heteroatoms. The van der Waals surface area contributed by atoms with E-state index in [1.54, 1.807) is 12.1 Å². The molecule has 0 saturated carbocycles. The molecule has 2 aromatic carbocycles. The standard InChI is InChI=1S/C21H19ClF2N2/c22-18-13-15(4-9-19(18)24)14-26-12-2-11-25-10-1-3-20(25)21(26)16-5-7-17(23)8-6-16/h1,3-10,13,21H,2,11-12,14H2/t21-/m1/s1. The van der Waals surface area contributed by atoms with Crippen molar-refractivity contribution >= 4 is 11.6 Å². The fourth-order valence-corrected chi connectivity index (χ4v) is 3.91. The van der Waals surface area contributed by atoms with Crippen molar-refractivity contribution < 1.29 is 8.78 Å². The first-order valence-corrected chi connectivity index (χ1v) is 9.08. The van der Waals surface area contributed by atoms with Gasteiger partial charge in [-0.1, -0.05) is 29.8 Å². The smallest absolute Gasteiger partial charge is 0.141 e. The fraction of sp³-hybridized carbons (Fsp3) is 0.238. The van der Waals surface area contributed by atoms with E-state index in [4.69, 9.17) is 11.6 Å². The summed E-state index contributed by atoms with van der Waals surface area (Å²) < 4.78 is 29.2. The van der Waals surface area contributed by atoms with Crippen molar-refractivity contribution in [3.05, 3.63) is 94.3 Å². The predicted molar refractivity (Wildman–Crippen MR) is 99.1 cm³/mol. The highest BCUT2D eigenvalue weighted by molar-refractivity contribution is 6.30. The Morgan fingerprint density at radius 3 is 2.58 bits per heavy atom. The molecule has 2 nitrogen and oxygen atoms in total. The van der Waals surface area contributed by atoms with Crippen LogP contribution in [-0.2, 0) is 13.1 Å². The van der Waals surface area contributed by atoms with Crippen molar-refractivity contribution in [2.75, 3.05) is 6.54 Å². The second-order valence-corrected chi connectivity index (χ2v) is 7.06. The summed E-state index contributed by atoms with van der Waals surface area (Å²) in [5, 5.41) is 0.138. The van der Waals surface area contributed by atoms with Gasteiger partial charge < -0.3 is 4.57 Å². The molecule has 26 heavy (non-hydrogen) atoms. The molecular weight excluding hydrogens is 354 g/mol. The Labute approximate surface area is 156 Å². The number of hydrogen-bond acceptors (Lipinski definition) is 1. The van der Waals surface area contributed by atoms with Crippen molar-refractivity contribution in [3.8, 4) is 0 Å². The Kier molecular flexibility index (Phi) is 4.79. The molecule has 0 unspecified atom stereocenters. The molecule has 0 amide bonds. The van der Waals surface area contributed by atoms with Crippen LogP contribution in [0.5, 0.6) is 0 Å². The molecule has 134 valence electrons. The third-order valence-electron chi connectivity index (χ3n) is 4.91. The fourth-order valence-electron chi connectivity index (χ4n) is 3.71. The number of fused-ring (bicyclic) bond motifs is 1. The Morgan fingerprint density at radius 1 is 1.00 bits per heavy atom. The van der Waals surface area contributed by atoms with Gasteiger partial charge in [-0.25, -0.2) is 8.78 Å². The van der Waals surface area contributed by atoms with Crippen molar-refractivity contribution in [3.63, 3.8) is 0 Å². The van der Waals surface area contributed by atoms with E-state index in [1.165, 1.54) is 23.9 Å². The summed E-state index contributed by atoms with van der Waals surface area (Å²) >= 11 is 5.96. The monoisotopic (exact) mass is 372 g/mol. The van der Waals surface area contributed by atoms with Crippen LogP contribution in [0.4, 0.5) is 8.78 Å². The maximum atomic E-state index is 13.5. The lowest BCUT2D eigenvalue weighted by molar-refractivity contribution is 0.220. The molecule has 0 aliphatic carbocycles. The van der Waals surface area contributed by atoms with Crippen LogP contribution < -0.4 is 0 Å². The van der Waals surface area contributed by atoms with Gasteiger partial charge >= 0.3 is 0 Å². The van der Waals surface area contributed by atoms with Crippen LogP contribution in [0.1, 0.15) is 29.3 Å². The predicted octanol–water partition coefficient (Wildman–Crippen LogP) is 5.42. The maximum absolute atomic E-state index is 13.5. The first-order valence-electron chi connectivity index (χ1n) is 8.70. The van der Waals surface area contributed by atoms with E-state index in [0.29, 0.717) is 6.54 Å². The number of nitrogens with zero attached hydrogens (tertiary/aromatic N) is 2. The van der Waals surface area contributed by atoms with Gasteiger partial charge in [0.1, 0.15) is 11.6 Å². The highest BCUT2D eigenvalue weighted by atomic mass is 35.5. The molecule has 1 atom stereocenters. The zero-order valence-corrected chi connectivity index (χ0v) is 15.0. The molecule has 0 fully saturated rings. The van der Waals surface area contributed by atoms with E-state index in [-0.39, 0.29) is 16.9 Å². The van der Waals surface area contributed by atoms with Crippen molar-refractivity contribution in [1.29, 1.82) is 0 Å². The maximum Gasteiger partial charge on any atom is 0.141 e. The van der Waals surface area contributed by atoms with Crippen LogP contribution in [0.3, 0.4) is 0 Å². The van der Waals surface area contributed by atoms with Gasteiger partial charge in [0.2, 0.25) is 0 Å². The lowest BCUT2D eigenvalue weighted by Crippen LogP contribution is -2.29. The summed E-state index contributed by atoms with van der Waals surface area (Å²) in [5.74, 6) is -0.648. The normalized spacial score (nSPS) is 17.7. The largest absolute Gasteiger partial charge is 0.350 e. The summed E-state index contributed by atoms with van der Waals surface area (Å²) in [7, 11) is 0. The van der Waals surface area contributed by atoms with E-state index >= 15 is 0 Å². The number of halogens is 3. The minimum atomic E-state index is -0.407. The van der Waals surface area contributed by atoms with Crippen LogP contribution in [0.25, 0.3) is 0 Å². The van der Waals surface area contributed by atoms with E-state index in [0.717, 1.165) is 30.6 Å². The number of benzene rings is 2. The van der Waals surface area contributed by atoms with Crippen LogP contribution in [0.2, 0.25) is 5.02 Å². The molecule has 1 aromatic heterocycles. The van der Waals surface area contributed by atoms with E-state index < -0.39 is 5.82 Å². The molecular formula is C21H19ClF2N2. The van der Waals surface area contributed by atoms with Gasteiger partial charge in [-0.2, -0.15) is 0 Å². The SMILES string of the molecule is Fc1ccc([C@@H]2c3cccn3CCCN2Cc2ccc(F)c(Cl)c2)cc1. The zero-order valence-electron chi connectivity index (χ0n) is 14.2. The summed E-state index contributed by atoms with van der Waals surface area (Å²) in [6.45, 7) is 2.48. The Balaban J connectivity index is 1.73. The summed E-state index contributed by atoms with van der Waals surface area (Å²) in [6.07, 6.45) is 3.10. The molecule has 0 saturated heterocycles. The average molecular weight is 373 g/mol. The Morgan fingerprint density at radius 2 is 1.81 bits per heavy atom. The number of aromatic nitrogens is 1. The molecule has 1 aliphatic rings. The highest BCUT2D eigenvalue weighted by Crippen LogP contribution is 2.33. The van der Waals surface area contributed by atoms with Crippen LogP contribution in [0, 0.1) is 11.6 Å². The third kappa shape index (κ3) is 3.39. The van der Waals surface area contributed by atoms with Gasteiger partial charge in [-0.05, 0) is 53.9 Å². The molecule has 0 bridgehead atoms. The van der Waals surface area contributed by atoms with Gasteiger partial charge in [-0.15, -0.1) is 0 Å². The summed E-state index contributed by atoms with van der Waals surface area (Å²) in [6, 6.07) is 15.7. The minimum Gasteiger partial charge on any atom is -0.350 e. The first-order chi connectivity index (χ1) is 12.6. The van der Waals surface area contributed by atoms with Gasteiger partial charge in [0.15, 0.2) is 0 Å². The summed E-state index contributed by atoms with van der Waals surface area (Å²) in [5.41, 5.74) is 3.19. The molecule has 0 radical (unpaired) electrons. The number of aryl methyl sites for hydroxylation is 1. The van der Waals surface area contributed by atoms with Gasteiger partial charge in [-0.3, -0.25) is 4.90 Å². The number of rotatable bonds is 3. The molecule has 4 rings (SSSR count). The van der Waals surface area contributed by atoms with E-state index in [9.17, 15) is 8.78 Å². The molecule has 1 aliphatic heterocycles. The van der Waals surface area contributed by atoms with Crippen molar-refractivity contribution in [2.24, 2.45) is 0 Å².